The van der Waals surface area contributed by atoms with Crippen molar-refractivity contribution in [2.75, 3.05) is 13.7 Å². The Morgan fingerprint density at radius 3 is 2.80 bits per heavy atom. The molecule has 0 aromatic carbocycles. The van der Waals surface area contributed by atoms with Crippen molar-refractivity contribution in [3.05, 3.63) is 11.6 Å². The van der Waals surface area contributed by atoms with Gasteiger partial charge in [0, 0.05) is 19.0 Å². The third-order valence-electron chi connectivity index (χ3n) is 2.03. The summed E-state index contributed by atoms with van der Waals surface area (Å²) in [6.07, 6.45) is -0.115. The summed E-state index contributed by atoms with van der Waals surface area (Å²) >= 11 is 0. The van der Waals surface area contributed by atoms with Crippen molar-refractivity contribution in [2.45, 2.75) is 19.2 Å². The average Bonchev–Trinajstić information content (AvgIpc) is 2.19. The second-order valence-electron chi connectivity index (χ2n) is 3.23. The van der Waals surface area contributed by atoms with E-state index < -0.39 is 18.2 Å². The van der Waals surface area contributed by atoms with Gasteiger partial charge in [0.1, 0.15) is 12.3 Å². The van der Waals surface area contributed by atoms with Crippen molar-refractivity contribution in [3.63, 3.8) is 0 Å². The molecule has 15 heavy (non-hydrogen) atoms. The van der Waals surface area contributed by atoms with Gasteiger partial charge in [-0.05, 0) is 6.08 Å². The molecule has 1 amide bonds. The van der Waals surface area contributed by atoms with Crippen LogP contribution in [0.3, 0.4) is 0 Å². The topological polar surface area (TPSA) is 87.7 Å². The van der Waals surface area contributed by atoms with E-state index in [0.29, 0.717) is 5.57 Å². The molecule has 84 valence electrons. The molecule has 0 saturated heterocycles. The third-order valence-corrected chi connectivity index (χ3v) is 2.03. The third kappa shape index (κ3) is 3.03. The molecular formula is C9H14N2O4. The Morgan fingerprint density at radius 2 is 2.33 bits per heavy atom. The summed E-state index contributed by atoms with van der Waals surface area (Å²) < 4.78 is 4.51. The van der Waals surface area contributed by atoms with Gasteiger partial charge in [-0.1, -0.05) is 0 Å². The number of hydrogen-bond donors (Lipinski definition) is 3. The van der Waals surface area contributed by atoms with Crippen LogP contribution in [0.25, 0.3) is 0 Å². The van der Waals surface area contributed by atoms with Crippen LogP contribution in [0, 0.1) is 0 Å². The van der Waals surface area contributed by atoms with Crippen molar-refractivity contribution < 1.29 is 19.4 Å². The first-order chi connectivity index (χ1) is 7.04. The predicted molar refractivity (Wildman–Crippen MR) is 51.7 cm³/mol. The number of methoxy groups -OCH3 is 1. The monoisotopic (exact) mass is 214 g/mol. The second kappa shape index (κ2) is 4.90. The average molecular weight is 214 g/mol. The summed E-state index contributed by atoms with van der Waals surface area (Å²) in [5.74, 6) is -0.732. The van der Waals surface area contributed by atoms with E-state index in [1.54, 1.807) is 0 Å². The highest BCUT2D eigenvalue weighted by Crippen LogP contribution is 2.07. The molecule has 6 nitrogen and oxygen atoms in total. The Labute approximate surface area is 87.3 Å². The minimum atomic E-state index is -0.934. The lowest BCUT2D eigenvalue weighted by Gasteiger charge is -2.27. The van der Waals surface area contributed by atoms with Gasteiger partial charge >= 0.3 is 5.97 Å². The molecule has 0 spiro atoms. The number of amides is 1. The lowest BCUT2D eigenvalue weighted by molar-refractivity contribution is -0.136. The van der Waals surface area contributed by atoms with E-state index in [-0.39, 0.29) is 12.5 Å². The quantitative estimate of drug-likeness (QED) is 0.487. The Kier molecular flexibility index (Phi) is 3.81. The highest BCUT2D eigenvalue weighted by molar-refractivity contribution is 5.89. The molecule has 0 fully saturated rings. The summed E-state index contributed by atoms with van der Waals surface area (Å²) in [6.45, 7) is 1.61. The largest absolute Gasteiger partial charge is 0.466 e. The number of aliphatic hydroxyl groups is 1. The van der Waals surface area contributed by atoms with E-state index in [2.05, 4.69) is 15.4 Å². The van der Waals surface area contributed by atoms with E-state index in [9.17, 15) is 14.7 Å². The van der Waals surface area contributed by atoms with Crippen LogP contribution in [0.1, 0.15) is 6.92 Å². The molecule has 0 bridgehead atoms. The summed E-state index contributed by atoms with van der Waals surface area (Å²) in [5, 5.41) is 14.9. The first-order valence-corrected chi connectivity index (χ1v) is 4.52. The van der Waals surface area contributed by atoms with E-state index >= 15 is 0 Å². The zero-order valence-corrected chi connectivity index (χ0v) is 8.61. The highest BCUT2D eigenvalue weighted by atomic mass is 16.5. The van der Waals surface area contributed by atoms with Gasteiger partial charge in [0.05, 0.1) is 7.11 Å². The summed E-state index contributed by atoms with van der Waals surface area (Å²) in [4.78, 5) is 21.9. The van der Waals surface area contributed by atoms with Crippen molar-refractivity contribution in [1.29, 1.82) is 0 Å². The zero-order valence-electron chi connectivity index (χ0n) is 8.61. The number of ether oxygens (including phenoxy) is 1. The fourth-order valence-corrected chi connectivity index (χ4v) is 1.33. The second-order valence-corrected chi connectivity index (χ2v) is 3.23. The maximum atomic E-state index is 11.1. The Morgan fingerprint density at radius 1 is 1.67 bits per heavy atom. The molecule has 0 aliphatic carbocycles. The maximum absolute atomic E-state index is 11.1. The van der Waals surface area contributed by atoms with Crippen LogP contribution in [-0.4, -0.2) is 42.9 Å². The van der Waals surface area contributed by atoms with Crippen molar-refractivity contribution in [2.24, 2.45) is 0 Å². The van der Waals surface area contributed by atoms with Gasteiger partial charge in [-0.2, -0.15) is 0 Å². The first-order valence-electron chi connectivity index (χ1n) is 4.52. The van der Waals surface area contributed by atoms with Crippen molar-refractivity contribution in [3.8, 4) is 0 Å². The summed E-state index contributed by atoms with van der Waals surface area (Å²) in [6, 6.07) is 0. The molecule has 6 heteroatoms. The number of carbonyl (C=O) groups is 2. The molecule has 1 aliphatic rings. The molecular weight excluding hydrogens is 200 g/mol. The minimum absolute atomic E-state index is 0.249. The number of aliphatic hydroxyl groups excluding tert-OH is 1. The Bertz CT molecular complexity index is 300. The molecule has 0 aromatic heterocycles. The fraction of sp³-hybridized carbons (Fsp3) is 0.556. The van der Waals surface area contributed by atoms with Crippen molar-refractivity contribution in [1.82, 2.24) is 10.6 Å². The standard InChI is InChI=1S/C9H14N2O4/c1-5(12)11-8-7(13)3-6(4-10-8)9(14)15-2/h3,7-8,10,13H,4H2,1-2H3,(H,11,12). The Hall–Kier alpha value is -1.40. The van der Waals surface area contributed by atoms with E-state index in [4.69, 9.17) is 0 Å². The van der Waals surface area contributed by atoms with Crippen LogP contribution in [0.5, 0.6) is 0 Å². The van der Waals surface area contributed by atoms with Crippen LogP contribution in [0.4, 0.5) is 0 Å². The summed E-state index contributed by atoms with van der Waals surface area (Å²) in [5.41, 5.74) is 0.353. The zero-order chi connectivity index (χ0) is 11.4. The van der Waals surface area contributed by atoms with Crippen LogP contribution in [0.2, 0.25) is 0 Å². The van der Waals surface area contributed by atoms with Crippen LogP contribution >= 0.6 is 0 Å². The van der Waals surface area contributed by atoms with Gasteiger partial charge in [0.15, 0.2) is 0 Å². The van der Waals surface area contributed by atoms with Crippen molar-refractivity contribution >= 4 is 11.9 Å². The van der Waals surface area contributed by atoms with Crippen LogP contribution < -0.4 is 10.6 Å². The number of hydrogen-bond acceptors (Lipinski definition) is 5. The minimum Gasteiger partial charge on any atom is -0.466 e. The molecule has 0 saturated carbocycles. The Balaban J connectivity index is 2.64. The normalized spacial score (nSPS) is 25.4. The SMILES string of the molecule is COC(=O)C1=CC(O)C(NC(C)=O)NC1. The fourth-order valence-electron chi connectivity index (χ4n) is 1.33. The molecule has 1 aliphatic heterocycles. The van der Waals surface area contributed by atoms with Gasteiger partial charge < -0.3 is 15.2 Å². The van der Waals surface area contributed by atoms with E-state index in [1.807, 2.05) is 0 Å². The van der Waals surface area contributed by atoms with Gasteiger partial charge in [0.2, 0.25) is 5.91 Å². The lowest BCUT2D eigenvalue weighted by Crippen LogP contribution is -2.55. The maximum Gasteiger partial charge on any atom is 0.334 e. The number of esters is 1. The van der Waals surface area contributed by atoms with Crippen LogP contribution in [0.15, 0.2) is 11.6 Å². The molecule has 2 unspecified atom stereocenters. The lowest BCUT2D eigenvalue weighted by atomic mass is 10.1. The molecule has 3 N–H and O–H groups in total. The predicted octanol–water partition coefficient (Wildman–Crippen LogP) is -1.49. The van der Waals surface area contributed by atoms with Gasteiger partial charge in [0.25, 0.3) is 0 Å². The van der Waals surface area contributed by atoms with E-state index in [0.717, 1.165) is 0 Å². The van der Waals surface area contributed by atoms with Crippen LogP contribution in [-0.2, 0) is 14.3 Å². The number of carbonyl (C=O) groups excluding carboxylic acids is 2. The molecule has 1 rings (SSSR count). The van der Waals surface area contributed by atoms with Gasteiger partial charge in [-0.15, -0.1) is 0 Å². The van der Waals surface area contributed by atoms with E-state index in [1.165, 1.54) is 20.1 Å². The smallest absolute Gasteiger partial charge is 0.334 e. The molecule has 0 aromatic rings. The molecule has 0 radical (unpaired) electrons. The van der Waals surface area contributed by atoms with Gasteiger partial charge in [-0.25, -0.2) is 4.79 Å². The highest BCUT2D eigenvalue weighted by Gasteiger charge is 2.25. The summed E-state index contributed by atoms with van der Waals surface area (Å²) in [7, 11) is 1.27. The molecule has 2 atom stereocenters. The van der Waals surface area contributed by atoms with Gasteiger partial charge in [-0.3, -0.25) is 10.1 Å². The number of nitrogens with one attached hydrogen (secondary N) is 2. The first kappa shape index (κ1) is 11.7. The number of rotatable bonds is 2. The molecule has 1 heterocycles.